The molecule has 1 atom stereocenters. The highest BCUT2D eigenvalue weighted by molar-refractivity contribution is 9.10. The van der Waals surface area contributed by atoms with Crippen LogP contribution in [0.5, 0.6) is 0 Å². The second-order valence-electron chi connectivity index (χ2n) is 6.15. The molecule has 1 fully saturated rings. The topological polar surface area (TPSA) is 75.2 Å². The van der Waals surface area contributed by atoms with Gasteiger partial charge < -0.3 is 4.90 Å². The van der Waals surface area contributed by atoms with Gasteiger partial charge in [-0.25, -0.2) is 0 Å². The molecule has 2 amide bonds. The Balaban J connectivity index is 1.45. The van der Waals surface area contributed by atoms with Crippen LogP contribution < -0.4 is 10.2 Å². The lowest BCUT2D eigenvalue weighted by molar-refractivity contribution is -0.117. The van der Waals surface area contributed by atoms with Crippen molar-refractivity contribution in [2.45, 2.75) is 12.3 Å². The minimum atomic E-state index is -0.243. The van der Waals surface area contributed by atoms with Crippen LogP contribution >= 0.6 is 27.3 Å². The van der Waals surface area contributed by atoms with Gasteiger partial charge >= 0.3 is 0 Å². The lowest BCUT2D eigenvalue weighted by Gasteiger charge is -2.15. The molecule has 2 heterocycles. The number of anilines is 2. The third kappa shape index (κ3) is 3.91. The number of rotatable bonds is 4. The maximum atomic E-state index is 12.4. The molecule has 1 aliphatic rings. The molecule has 27 heavy (non-hydrogen) atoms. The number of nitrogens with zero attached hydrogens (tertiary/aromatic N) is 3. The second-order valence-corrected chi connectivity index (χ2v) is 8.08. The molecule has 8 heteroatoms. The molecule has 3 aromatic rings. The fourth-order valence-corrected chi connectivity index (χ4v) is 4.21. The maximum absolute atomic E-state index is 12.4. The van der Waals surface area contributed by atoms with E-state index in [4.69, 9.17) is 0 Å². The van der Waals surface area contributed by atoms with Crippen molar-refractivity contribution in [2.75, 3.05) is 16.8 Å². The number of hydrogen-bond donors (Lipinski definition) is 1. The predicted molar refractivity (Wildman–Crippen MR) is 108 cm³/mol. The molecule has 0 spiro atoms. The van der Waals surface area contributed by atoms with Crippen LogP contribution in [-0.4, -0.2) is 28.6 Å². The lowest BCUT2D eigenvalue weighted by atomic mass is 10.1. The quantitative estimate of drug-likeness (QED) is 0.660. The Hall–Kier alpha value is -2.58. The summed E-state index contributed by atoms with van der Waals surface area (Å²) in [7, 11) is 0. The zero-order valence-electron chi connectivity index (χ0n) is 14.1. The van der Waals surface area contributed by atoms with Gasteiger partial charge in [-0.05, 0) is 30.3 Å². The van der Waals surface area contributed by atoms with Gasteiger partial charge in [0.15, 0.2) is 0 Å². The minimum absolute atomic E-state index is 0.0215. The molecule has 1 saturated heterocycles. The van der Waals surface area contributed by atoms with Gasteiger partial charge in [0.05, 0.1) is 0 Å². The highest BCUT2D eigenvalue weighted by Gasteiger charge is 2.33. The smallest absolute Gasteiger partial charge is 0.257 e. The molecule has 1 N–H and O–H groups in total. The first-order chi connectivity index (χ1) is 13.1. The molecule has 1 aliphatic heterocycles. The molecule has 4 rings (SSSR count). The third-order valence-electron chi connectivity index (χ3n) is 4.29. The van der Waals surface area contributed by atoms with E-state index in [0.717, 1.165) is 15.2 Å². The van der Waals surface area contributed by atoms with Crippen LogP contribution in [0.3, 0.4) is 0 Å². The Morgan fingerprint density at radius 3 is 2.74 bits per heavy atom. The van der Waals surface area contributed by atoms with E-state index in [-0.39, 0.29) is 17.7 Å². The summed E-state index contributed by atoms with van der Waals surface area (Å²) < 4.78 is 0.832. The number of aromatic nitrogens is 2. The van der Waals surface area contributed by atoms with Gasteiger partial charge in [-0.2, -0.15) is 0 Å². The van der Waals surface area contributed by atoms with E-state index in [0.29, 0.717) is 23.7 Å². The largest absolute Gasteiger partial charge is 0.312 e. The van der Waals surface area contributed by atoms with Gasteiger partial charge in [0.2, 0.25) is 11.0 Å². The summed E-state index contributed by atoms with van der Waals surface area (Å²) in [6.45, 7) is 0.567. The first kappa shape index (κ1) is 17.8. The van der Waals surface area contributed by atoms with E-state index < -0.39 is 0 Å². The van der Waals surface area contributed by atoms with E-state index in [1.165, 1.54) is 11.3 Å². The average molecular weight is 443 g/mol. The van der Waals surface area contributed by atoms with Gasteiger partial charge in [0.25, 0.3) is 5.91 Å². The number of benzene rings is 2. The van der Waals surface area contributed by atoms with Crippen LogP contribution in [0.2, 0.25) is 0 Å². The average Bonchev–Trinajstić information content (AvgIpc) is 3.29. The highest BCUT2D eigenvalue weighted by atomic mass is 79.9. The highest BCUT2D eigenvalue weighted by Crippen LogP contribution is 2.34. The number of carbonyl (C=O) groups excluding carboxylic acids is 2. The van der Waals surface area contributed by atoms with E-state index in [2.05, 4.69) is 31.4 Å². The van der Waals surface area contributed by atoms with Crippen molar-refractivity contribution in [2.24, 2.45) is 0 Å². The summed E-state index contributed by atoms with van der Waals surface area (Å²) in [6, 6.07) is 16.7. The van der Waals surface area contributed by atoms with Gasteiger partial charge in [-0.3, -0.25) is 14.9 Å². The van der Waals surface area contributed by atoms with E-state index in [1.807, 2.05) is 36.4 Å². The van der Waals surface area contributed by atoms with Crippen molar-refractivity contribution in [3.63, 3.8) is 0 Å². The molecule has 6 nitrogen and oxygen atoms in total. The van der Waals surface area contributed by atoms with Crippen LogP contribution in [-0.2, 0) is 4.79 Å². The van der Waals surface area contributed by atoms with E-state index in [1.54, 1.807) is 23.1 Å². The van der Waals surface area contributed by atoms with Crippen LogP contribution in [0.4, 0.5) is 10.8 Å². The standard InChI is InChI=1S/C19H15BrN4O2S/c20-14-6-4-5-12(9-14)17(26)21-19-23-22-18(27-19)13-10-16(25)24(11-13)15-7-2-1-3-8-15/h1-9,13H,10-11H2,(H,21,23,26)/t13-/m0/s1. The summed E-state index contributed by atoms with van der Waals surface area (Å²) in [5, 5.41) is 12.2. The molecule has 1 aromatic heterocycles. The molecule has 2 aromatic carbocycles. The summed E-state index contributed by atoms with van der Waals surface area (Å²) >= 11 is 4.67. The van der Waals surface area contributed by atoms with Crippen LogP contribution in [0, 0.1) is 0 Å². The summed E-state index contributed by atoms with van der Waals surface area (Å²) in [4.78, 5) is 26.5. The van der Waals surface area contributed by atoms with E-state index >= 15 is 0 Å². The van der Waals surface area contributed by atoms with E-state index in [9.17, 15) is 9.59 Å². The third-order valence-corrected chi connectivity index (χ3v) is 5.78. The second kappa shape index (κ2) is 7.58. The SMILES string of the molecule is O=C(Nc1nnc([C@H]2CC(=O)N(c3ccccc3)C2)s1)c1cccc(Br)c1. The van der Waals surface area contributed by atoms with Crippen molar-refractivity contribution in [1.29, 1.82) is 0 Å². The number of amides is 2. The van der Waals surface area contributed by atoms with Gasteiger partial charge in [0, 0.05) is 34.6 Å². The molecule has 0 bridgehead atoms. The van der Waals surface area contributed by atoms with Gasteiger partial charge in [-0.1, -0.05) is 51.5 Å². The Bertz CT molecular complexity index is 992. The monoisotopic (exact) mass is 442 g/mol. The number of carbonyl (C=O) groups is 2. The Labute approximate surface area is 168 Å². The fourth-order valence-electron chi connectivity index (χ4n) is 2.98. The maximum Gasteiger partial charge on any atom is 0.257 e. The van der Waals surface area contributed by atoms with Gasteiger partial charge in [-0.15, -0.1) is 10.2 Å². The molecule has 0 radical (unpaired) electrons. The number of nitrogens with one attached hydrogen (secondary N) is 1. The number of hydrogen-bond acceptors (Lipinski definition) is 5. The zero-order valence-corrected chi connectivity index (χ0v) is 16.5. The molecule has 0 aliphatic carbocycles. The van der Waals surface area contributed by atoms with Crippen LogP contribution in [0.1, 0.15) is 27.7 Å². The van der Waals surface area contributed by atoms with Crippen molar-refractivity contribution >= 4 is 49.9 Å². The molecular formula is C19H15BrN4O2S. The first-order valence-electron chi connectivity index (χ1n) is 8.36. The summed E-state index contributed by atoms with van der Waals surface area (Å²) in [5.41, 5.74) is 1.42. The van der Waals surface area contributed by atoms with Crippen LogP contribution in [0.15, 0.2) is 59.1 Å². The van der Waals surface area contributed by atoms with Crippen molar-refractivity contribution < 1.29 is 9.59 Å². The Kier molecular flexibility index (Phi) is 5.00. The normalized spacial score (nSPS) is 16.6. The van der Waals surface area contributed by atoms with Crippen LogP contribution in [0.25, 0.3) is 0 Å². The Morgan fingerprint density at radius 1 is 1.15 bits per heavy atom. The molecule has 136 valence electrons. The summed E-state index contributed by atoms with van der Waals surface area (Å²) in [6.07, 6.45) is 0.392. The fraction of sp³-hybridized carbons (Fsp3) is 0.158. The van der Waals surface area contributed by atoms with Crippen molar-refractivity contribution in [3.05, 3.63) is 69.6 Å². The molecule has 0 saturated carbocycles. The molecular weight excluding hydrogens is 428 g/mol. The summed E-state index contributed by atoms with van der Waals surface area (Å²) in [5.74, 6) is -0.194. The predicted octanol–water partition coefficient (Wildman–Crippen LogP) is 4.07. The lowest BCUT2D eigenvalue weighted by Crippen LogP contribution is -2.24. The van der Waals surface area contributed by atoms with Crippen molar-refractivity contribution in [3.8, 4) is 0 Å². The van der Waals surface area contributed by atoms with Gasteiger partial charge in [0.1, 0.15) is 5.01 Å². The Morgan fingerprint density at radius 2 is 1.96 bits per heavy atom. The first-order valence-corrected chi connectivity index (χ1v) is 9.97. The minimum Gasteiger partial charge on any atom is -0.312 e. The zero-order chi connectivity index (χ0) is 18.8. The number of para-hydroxylation sites is 1. The number of halogens is 1. The van der Waals surface area contributed by atoms with Crippen molar-refractivity contribution in [1.82, 2.24) is 10.2 Å². The molecule has 0 unspecified atom stereocenters.